The quantitative estimate of drug-likeness (QED) is 0.207. The lowest BCUT2D eigenvalue weighted by molar-refractivity contribution is -0.105. The van der Waals surface area contributed by atoms with E-state index in [0.29, 0.717) is 35.5 Å². The highest BCUT2D eigenvalue weighted by Gasteiger charge is 2.69. The van der Waals surface area contributed by atoms with Crippen molar-refractivity contribution in [2.24, 2.45) is 35.5 Å². The van der Waals surface area contributed by atoms with E-state index in [2.05, 4.69) is 131 Å². The first kappa shape index (κ1) is 28.2. The van der Waals surface area contributed by atoms with Crippen molar-refractivity contribution in [3.63, 3.8) is 0 Å². The largest absolute Gasteiger partial charge is 0.456 e. The topological polar surface area (TPSA) is 13.1 Å². The smallest absolute Gasteiger partial charge is 0.139 e. The molecule has 8 rings (SSSR count). The third-order valence-electron chi connectivity index (χ3n) is 12.3. The third-order valence-corrected chi connectivity index (χ3v) is 12.3. The van der Waals surface area contributed by atoms with Gasteiger partial charge in [-0.3, -0.25) is 0 Å². The summed E-state index contributed by atoms with van der Waals surface area (Å²) in [4.78, 5) is 0. The highest BCUT2D eigenvalue weighted by molar-refractivity contribution is 6.05. The third kappa shape index (κ3) is 3.12. The molecule has 1 fully saturated rings. The maximum atomic E-state index is 6.71. The average molecular weight is 581 g/mol. The second-order valence-electron chi connectivity index (χ2n) is 16.2. The predicted molar refractivity (Wildman–Crippen MR) is 187 cm³/mol. The highest BCUT2D eigenvalue weighted by atomic mass is 16.3. The van der Waals surface area contributed by atoms with Gasteiger partial charge in [0.15, 0.2) is 0 Å². The van der Waals surface area contributed by atoms with Gasteiger partial charge in [-0.1, -0.05) is 109 Å². The van der Waals surface area contributed by atoms with Crippen LogP contribution in [0.15, 0.2) is 59.0 Å². The fourth-order valence-electron chi connectivity index (χ4n) is 11.4. The van der Waals surface area contributed by atoms with E-state index in [1.807, 2.05) is 0 Å². The Labute approximate surface area is 264 Å². The lowest BCUT2D eigenvalue weighted by Crippen LogP contribution is -2.64. The van der Waals surface area contributed by atoms with E-state index in [1.165, 1.54) is 60.7 Å². The van der Waals surface area contributed by atoms with Gasteiger partial charge in [0, 0.05) is 27.3 Å². The van der Waals surface area contributed by atoms with E-state index in [0.717, 1.165) is 11.3 Å². The second-order valence-corrected chi connectivity index (χ2v) is 16.2. The molecule has 4 aromatic carbocycles. The summed E-state index contributed by atoms with van der Waals surface area (Å²) in [6, 6.07) is 21.1. The molecule has 0 amide bonds. The standard InChI is InChI=1S/C43H48O/c1-21(2)33-36(22(3)4)43(37(33)23(5)6)31-17-16-28-39(42(10,11)40-27-14-12-13-15-32(27)44-41(28)40)35(31)30-20-26(9)34-25(8)18-24(7)19-29(34)38(30)43/h12-23,33,36-37H,1-11H3. The Balaban J connectivity index is 1.57. The van der Waals surface area contributed by atoms with Crippen LogP contribution in [-0.2, 0) is 10.8 Å². The summed E-state index contributed by atoms with van der Waals surface area (Å²) in [5, 5.41) is 4.22. The Kier molecular flexibility index (Phi) is 5.70. The van der Waals surface area contributed by atoms with Crippen LogP contribution in [-0.4, -0.2) is 0 Å². The Bertz CT molecular complexity index is 2010. The number of fused-ring (bicyclic) bond motifs is 13. The predicted octanol–water partition coefficient (Wildman–Crippen LogP) is 11.9. The van der Waals surface area contributed by atoms with E-state index < -0.39 is 0 Å². The molecule has 3 aliphatic rings. The normalized spacial score (nSPS) is 24.5. The molecule has 1 saturated carbocycles. The number of aryl methyl sites for hydroxylation is 3. The van der Waals surface area contributed by atoms with Crippen LogP contribution in [0.25, 0.3) is 44.2 Å². The van der Waals surface area contributed by atoms with Gasteiger partial charge in [-0.15, -0.1) is 0 Å². The van der Waals surface area contributed by atoms with Gasteiger partial charge in [-0.2, -0.15) is 0 Å². The minimum atomic E-state index is -0.168. The monoisotopic (exact) mass is 580 g/mol. The molecule has 0 aliphatic heterocycles. The number of para-hydroxylation sites is 1. The Morgan fingerprint density at radius 2 is 1.32 bits per heavy atom. The highest BCUT2D eigenvalue weighted by Crippen LogP contribution is 2.74. The van der Waals surface area contributed by atoms with Crippen LogP contribution in [0.5, 0.6) is 0 Å². The van der Waals surface area contributed by atoms with Crippen LogP contribution >= 0.6 is 0 Å². The van der Waals surface area contributed by atoms with Crippen molar-refractivity contribution in [1.29, 1.82) is 0 Å². The van der Waals surface area contributed by atoms with Crippen LogP contribution in [0.4, 0.5) is 0 Å². The Morgan fingerprint density at radius 1 is 0.659 bits per heavy atom. The number of benzene rings is 4. The van der Waals surface area contributed by atoms with Gasteiger partial charge in [-0.05, 0) is 112 Å². The zero-order chi connectivity index (χ0) is 31.2. The molecule has 2 atom stereocenters. The summed E-state index contributed by atoms with van der Waals surface area (Å²) in [5.41, 5.74) is 15.4. The van der Waals surface area contributed by atoms with Crippen molar-refractivity contribution in [2.75, 3.05) is 0 Å². The first-order valence-electron chi connectivity index (χ1n) is 17.1. The average Bonchev–Trinajstić information content (AvgIpc) is 3.52. The summed E-state index contributed by atoms with van der Waals surface area (Å²) in [6.07, 6.45) is 0. The zero-order valence-corrected chi connectivity index (χ0v) is 28.6. The summed E-state index contributed by atoms with van der Waals surface area (Å²) in [7, 11) is 0. The SMILES string of the molecule is Cc1cc(C)c2c(C)cc3c(c2c1)C1(c2ccc4c(c2-3)C(C)(C)c2c-4oc3ccccc23)C(C(C)C)C(C(C)C)C1C(C)C. The van der Waals surface area contributed by atoms with Crippen molar-refractivity contribution < 1.29 is 4.42 Å². The van der Waals surface area contributed by atoms with Crippen molar-refractivity contribution in [1.82, 2.24) is 0 Å². The van der Waals surface area contributed by atoms with Gasteiger partial charge in [0.2, 0.25) is 0 Å². The maximum absolute atomic E-state index is 6.71. The van der Waals surface area contributed by atoms with Gasteiger partial charge in [0.25, 0.3) is 0 Å². The molecule has 0 saturated heterocycles. The number of rotatable bonds is 3. The number of hydrogen-bond acceptors (Lipinski definition) is 1. The lowest BCUT2D eigenvalue weighted by atomic mass is 9.37. The van der Waals surface area contributed by atoms with Crippen LogP contribution in [0.1, 0.15) is 94.3 Å². The Hall–Kier alpha value is -3.32. The minimum absolute atomic E-state index is 0.00890. The van der Waals surface area contributed by atoms with Gasteiger partial charge in [-0.25, -0.2) is 0 Å². The molecule has 1 nitrogen and oxygen atoms in total. The summed E-state index contributed by atoms with van der Waals surface area (Å²) in [6.45, 7) is 26.8. The van der Waals surface area contributed by atoms with Crippen molar-refractivity contribution in [2.45, 2.75) is 87.0 Å². The molecule has 44 heavy (non-hydrogen) atoms. The van der Waals surface area contributed by atoms with Crippen molar-refractivity contribution in [3.05, 3.63) is 93.5 Å². The van der Waals surface area contributed by atoms with E-state index in [1.54, 1.807) is 11.1 Å². The van der Waals surface area contributed by atoms with Gasteiger partial charge in [0.1, 0.15) is 11.3 Å². The van der Waals surface area contributed by atoms with E-state index in [9.17, 15) is 0 Å². The zero-order valence-electron chi connectivity index (χ0n) is 28.6. The fraction of sp³-hybridized carbons (Fsp3) is 0.442. The van der Waals surface area contributed by atoms with E-state index in [-0.39, 0.29) is 10.8 Å². The number of hydrogen-bond donors (Lipinski definition) is 0. The molecule has 1 spiro atoms. The molecular weight excluding hydrogens is 532 g/mol. The molecule has 0 radical (unpaired) electrons. The first-order valence-corrected chi connectivity index (χ1v) is 17.1. The molecule has 3 aliphatic carbocycles. The minimum Gasteiger partial charge on any atom is -0.456 e. The van der Waals surface area contributed by atoms with E-state index >= 15 is 0 Å². The van der Waals surface area contributed by atoms with Crippen LogP contribution in [0.3, 0.4) is 0 Å². The van der Waals surface area contributed by atoms with Crippen molar-refractivity contribution in [3.8, 4) is 22.5 Å². The molecule has 226 valence electrons. The molecule has 1 heteroatoms. The lowest BCUT2D eigenvalue weighted by Gasteiger charge is -2.66. The second kappa shape index (κ2) is 8.90. The summed E-state index contributed by atoms with van der Waals surface area (Å²) in [5.74, 6) is 4.75. The van der Waals surface area contributed by atoms with Gasteiger partial charge < -0.3 is 4.42 Å². The fourth-order valence-corrected chi connectivity index (χ4v) is 11.4. The molecule has 5 aromatic rings. The van der Waals surface area contributed by atoms with Gasteiger partial charge >= 0.3 is 0 Å². The molecule has 0 bridgehead atoms. The Morgan fingerprint density at radius 3 is 1.98 bits per heavy atom. The number of furan rings is 1. The molecular formula is C43H48O. The maximum Gasteiger partial charge on any atom is 0.139 e. The first-order chi connectivity index (χ1) is 20.8. The van der Waals surface area contributed by atoms with Crippen LogP contribution < -0.4 is 0 Å². The molecule has 1 aromatic heterocycles. The molecule has 2 unspecified atom stereocenters. The summed E-state index contributed by atoms with van der Waals surface area (Å²) >= 11 is 0. The van der Waals surface area contributed by atoms with Gasteiger partial charge in [0.05, 0.1) is 0 Å². The molecule has 1 heterocycles. The summed E-state index contributed by atoms with van der Waals surface area (Å²) < 4.78 is 6.71. The van der Waals surface area contributed by atoms with Crippen LogP contribution in [0, 0.1) is 56.3 Å². The van der Waals surface area contributed by atoms with Crippen molar-refractivity contribution >= 4 is 21.7 Å². The molecule has 0 N–H and O–H groups in total. The van der Waals surface area contributed by atoms with Crippen LogP contribution in [0.2, 0.25) is 0 Å². The van der Waals surface area contributed by atoms with E-state index in [4.69, 9.17) is 4.42 Å².